The molecule has 0 aliphatic rings. The molecular formula is C6H9F4NO2. The van der Waals surface area contributed by atoms with Gasteiger partial charge in [0.25, 0.3) is 0 Å². The van der Waals surface area contributed by atoms with Crippen LogP contribution in [0, 0.1) is 0 Å². The number of alkyl halides is 4. The van der Waals surface area contributed by atoms with Crippen molar-refractivity contribution in [2.24, 2.45) is 0 Å². The minimum atomic E-state index is -4.95. The average Bonchev–Trinajstić information content (AvgIpc) is 1.97. The summed E-state index contributed by atoms with van der Waals surface area (Å²) in [5.74, 6) is -2.08. The monoisotopic (exact) mass is 203 g/mol. The Balaban J connectivity index is 4.64. The van der Waals surface area contributed by atoms with E-state index in [0.717, 1.165) is 0 Å². The predicted molar refractivity (Wildman–Crippen MR) is 36.1 cm³/mol. The topological polar surface area (TPSA) is 49.3 Å². The Kier molecular flexibility index (Phi) is 3.65. The Morgan fingerprint density at radius 2 is 1.92 bits per heavy atom. The van der Waals surface area contributed by atoms with E-state index >= 15 is 0 Å². The number of nitrogens with one attached hydrogen (secondary N) is 1. The smallest absolute Gasteiger partial charge is 0.417 e. The van der Waals surface area contributed by atoms with E-state index in [-0.39, 0.29) is 0 Å². The standard InChI is InChI=1S/C6H9F4NO2/c1-5(4(12)13,6(8,9)10)11-3-2-7/h11H,2-3H2,1H3,(H,12,13). The fraction of sp³-hybridized carbons (Fsp3) is 0.833. The quantitative estimate of drug-likeness (QED) is 0.669. The van der Waals surface area contributed by atoms with Crippen molar-refractivity contribution in [1.29, 1.82) is 0 Å². The highest BCUT2D eigenvalue weighted by Crippen LogP contribution is 2.30. The minimum absolute atomic E-state index is 0.449. The number of hydrogen-bond acceptors (Lipinski definition) is 2. The molecule has 0 radical (unpaired) electrons. The van der Waals surface area contributed by atoms with Crippen LogP contribution >= 0.6 is 0 Å². The first-order valence-electron chi connectivity index (χ1n) is 3.37. The van der Waals surface area contributed by atoms with E-state index in [0.29, 0.717) is 6.92 Å². The summed E-state index contributed by atoms with van der Waals surface area (Å²) >= 11 is 0. The first kappa shape index (κ1) is 12.2. The molecular weight excluding hydrogens is 194 g/mol. The molecule has 0 aromatic rings. The first-order chi connectivity index (χ1) is 5.75. The molecule has 0 aromatic heterocycles. The highest BCUT2D eigenvalue weighted by molar-refractivity contribution is 5.79. The molecule has 1 unspecified atom stereocenters. The van der Waals surface area contributed by atoms with Crippen LogP contribution in [-0.2, 0) is 4.79 Å². The number of carboxylic acid groups (broad SMARTS) is 1. The van der Waals surface area contributed by atoms with Gasteiger partial charge in [0.2, 0.25) is 5.54 Å². The molecule has 1 atom stereocenters. The predicted octanol–water partition coefficient (Wildman–Crippen LogP) is 0.951. The van der Waals surface area contributed by atoms with Gasteiger partial charge in [0.1, 0.15) is 6.67 Å². The van der Waals surface area contributed by atoms with Crippen molar-refractivity contribution in [1.82, 2.24) is 5.32 Å². The van der Waals surface area contributed by atoms with E-state index in [1.807, 2.05) is 0 Å². The van der Waals surface area contributed by atoms with Gasteiger partial charge >= 0.3 is 12.1 Å². The van der Waals surface area contributed by atoms with Crippen molar-refractivity contribution < 1.29 is 27.5 Å². The number of carboxylic acids is 1. The lowest BCUT2D eigenvalue weighted by molar-refractivity contribution is -0.205. The van der Waals surface area contributed by atoms with Gasteiger partial charge in [-0.1, -0.05) is 0 Å². The van der Waals surface area contributed by atoms with Crippen LogP contribution in [0.1, 0.15) is 6.92 Å². The second kappa shape index (κ2) is 3.91. The second-order valence-electron chi connectivity index (χ2n) is 2.54. The third-order valence-corrected chi connectivity index (χ3v) is 1.57. The summed E-state index contributed by atoms with van der Waals surface area (Å²) in [7, 11) is 0. The summed E-state index contributed by atoms with van der Waals surface area (Å²) in [6.45, 7) is -1.26. The number of carbonyl (C=O) groups is 1. The molecule has 0 aliphatic heterocycles. The van der Waals surface area contributed by atoms with Crippen molar-refractivity contribution >= 4 is 5.97 Å². The van der Waals surface area contributed by atoms with Gasteiger partial charge in [-0.2, -0.15) is 13.2 Å². The highest BCUT2D eigenvalue weighted by Gasteiger charge is 2.56. The highest BCUT2D eigenvalue weighted by atomic mass is 19.4. The van der Waals surface area contributed by atoms with Gasteiger partial charge in [0, 0.05) is 6.54 Å². The minimum Gasteiger partial charge on any atom is -0.480 e. The molecule has 0 aromatic carbocycles. The molecule has 2 N–H and O–H groups in total. The summed E-state index contributed by atoms with van der Waals surface area (Å²) in [6, 6.07) is 0. The number of halogens is 4. The molecule has 0 spiro atoms. The van der Waals surface area contributed by atoms with Crippen molar-refractivity contribution in [3.63, 3.8) is 0 Å². The maximum absolute atomic E-state index is 12.1. The molecule has 78 valence electrons. The average molecular weight is 203 g/mol. The molecule has 0 amide bonds. The molecule has 0 heterocycles. The van der Waals surface area contributed by atoms with Gasteiger partial charge in [-0.05, 0) is 6.92 Å². The van der Waals surface area contributed by atoms with Crippen LogP contribution in [0.3, 0.4) is 0 Å². The van der Waals surface area contributed by atoms with E-state index in [4.69, 9.17) is 5.11 Å². The molecule has 0 rings (SSSR count). The maximum Gasteiger partial charge on any atom is 0.417 e. The third kappa shape index (κ3) is 2.55. The number of hydrogen-bond donors (Lipinski definition) is 2. The molecule has 0 fully saturated rings. The Morgan fingerprint density at radius 3 is 2.15 bits per heavy atom. The van der Waals surface area contributed by atoms with Crippen LogP contribution in [0.2, 0.25) is 0 Å². The Morgan fingerprint density at radius 1 is 1.46 bits per heavy atom. The lowest BCUT2D eigenvalue weighted by atomic mass is 10.0. The summed E-state index contributed by atoms with van der Waals surface area (Å²) in [5, 5.41) is 9.88. The van der Waals surface area contributed by atoms with E-state index in [1.54, 1.807) is 5.32 Å². The zero-order chi connectivity index (χ0) is 10.7. The largest absolute Gasteiger partial charge is 0.480 e. The van der Waals surface area contributed by atoms with E-state index < -0.39 is 30.9 Å². The fourth-order valence-corrected chi connectivity index (χ4v) is 0.594. The Bertz CT molecular complexity index is 194. The maximum atomic E-state index is 12.1. The third-order valence-electron chi connectivity index (χ3n) is 1.57. The summed E-state index contributed by atoms with van der Waals surface area (Å²) in [4.78, 5) is 10.3. The number of aliphatic carboxylic acids is 1. The Hall–Kier alpha value is -0.850. The fourth-order valence-electron chi connectivity index (χ4n) is 0.594. The van der Waals surface area contributed by atoms with Crippen LogP contribution in [0.25, 0.3) is 0 Å². The van der Waals surface area contributed by atoms with Gasteiger partial charge < -0.3 is 5.11 Å². The summed E-state index contributed by atoms with van der Waals surface area (Å²) in [6.07, 6.45) is -4.95. The molecule has 0 saturated carbocycles. The van der Waals surface area contributed by atoms with Crippen LogP contribution in [-0.4, -0.2) is 36.0 Å². The molecule has 7 heteroatoms. The van der Waals surface area contributed by atoms with E-state index in [9.17, 15) is 22.4 Å². The molecule has 13 heavy (non-hydrogen) atoms. The molecule has 0 bridgehead atoms. The SMILES string of the molecule is CC(NCCF)(C(=O)O)C(F)(F)F. The van der Waals surface area contributed by atoms with E-state index in [1.165, 1.54) is 0 Å². The molecule has 3 nitrogen and oxygen atoms in total. The van der Waals surface area contributed by atoms with E-state index in [2.05, 4.69) is 0 Å². The van der Waals surface area contributed by atoms with Crippen molar-refractivity contribution in [3.05, 3.63) is 0 Å². The first-order valence-corrected chi connectivity index (χ1v) is 3.37. The van der Waals surface area contributed by atoms with Gasteiger partial charge in [-0.3, -0.25) is 5.32 Å². The van der Waals surface area contributed by atoms with Gasteiger partial charge in [0.05, 0.1) is 0 Å². The lowest BCUT2D eigenvalue weighted by Crippen LogP contribution is -2.60. The molecule has 0 aliphatic carbocycles. The normalized spacial score (nSPS) is 16.7. The second-order valence-corrected chi connectivity index (χ2v) is 2.54. The van der Waals surface area contributed by atoms with Crippen molar-refractivity contribution in [2.75, 3.05) is 13.2 Å². The van der Waals surface area contributed by atoms with Crippen LogP contribution in [0.4, 0.5) is 17.6 Å². The van der Waals surface area contributed by atoms with Crippen LogP contribution in [0.5, 0.6) is 0 Å². The van der Waals surface area contributed by atoms with Crippen LogP contribution in [0.15, 0.2) is 0 Å². The number of rotatable bonds is 4. The lowest BCUT2D eigenvalue weighted by Gasteiger charge is -2.28. The van der Waals surface area contributed by atoms with Gasteiger partial charge in [0.15, 0.2) is 0 Å². The van der Waals surface area contributed by atoms with Gasteiger partial charge in [-0.25, -0.2) is 9.18 Å². The van der Waals surface area contributed by atoms with Crippen LogP contribution < -0.4 is 5.32 Å². The van der Waals surface area contributed by atoms with Crippen molar-refractivity contribution in [3.8, 4) is 0 Å². The summed E-state index contributed by atoms with van der Waals surface area (Å²) in [5.41, 5.74) is -3.08. The zero-order valence-corrected chi connectivity index (χ0v) is 6.78. The molecule has 0 saturated heterocycles. The zero-order valence-electron chi connectivity index (χ0n) is 6.78. The summed E-state index contributed by atoms with van der Waals surface area (Å²) < 4.78 is 47.9. The Labute approximate surface area is 71.7 Å². The van der Waals surface area contributed by atoms with Gasteiger partial charge in [-0.15, -0.1) is 0 Å². The van der Waals surface area contributed by atoms with Crippen molar-refractivity contribution in [2.45, 2.75) is 18.6 Å².